The summed E-state index contributed by atoms with van der Waals surface area (Å²) in [4.78, 5) is 24.0. The summed E-state index contributed by atoms with van der Waals surface area (Å²) in [6.07, 6.45) is 2.07. The average molecular weight is 226 g/mol. The lowest BCUT2D eigenvalue weighted by molar-refractivity contribution is -0.131. The van der Waals surface area contributed by atoms with E-state index in [0.29, 0.717) is 25.1 Å². The van der Waals surface area contributed by atoms with Crippen molar-refractivity contribution in [3.63, 3.8) is 0 Å². The van der Waals surface area contributed by atoms with Gasteiger partial charge in [0.1, 0.15) is 0 Å². The minimum Gasteiger partial charge on any atom is -0.487 e. The zero-order chi connectivity index (χ0) is 12.1. The molecule has 0 aliphatic carbocycles. The maximum atomic E-state index is 12.0. The van der Waals surface area contributed by atoms with Crippen LogP contribution in [0.25, 0.3) is 0 Å². The summed E-state index contributed by atoms with van der Waals surface area (Å²) in [5.74, 6) is 0.0913. The number of hydrogen-bond acceptors (Lipinski definition) is 3. The Hall–Kier alpha value is -1.52. The van der Waals surface area contributed by atoms with Crippen molar-refractivity contribution >= 4 is 12.3 Å². The molecule has 0 aromatic rings. The van der Waals surface area contributed by atoms with Crippen LogP contribution in [-0.2, 0) is 14.3 Å². The van der Waals surface area contributed by atoms with E-state index < -0.39 is 0 Å². The number of ether oxygens (including phenoxy) is 1. The van der Waals surface area contributed by atoms with E-state index in [1.165, 1.54) is 0 Å². The van der Waals surface area contributed by atoms with Gasteiger partial charge in [0.15, 0.2) is 0 Å². The van der Waals surface area contributed by atoms with Gasteiger partial charge in [-0.25, -0.2) is 0 Å². The topological polar surface area (TPSA) is 58.6 Å². The lowest BCUT2D eigenvalue weighted by Gasteiger charge is -2.26. The number of allylic oxidation sites excluding steroid dienone is 1. The molecule has 2 amide bonds. The van der Waals surface area contributed by atoms with Gasteiger partial charge in [0.2, 0.25) is 12.2 Å². The predicted octanol–water partition coefficient (Wildman–Crippen LogP) is 0.621. The van der Waals surface area contributed by atoms with Crippen LogP contribution in [0.4, 0.5) is 0 Å². The second-order valence-electron chi connectivity index (χ2n) is 4.03. The number of nitrogens with one attached hydrogen (secondary N) is 1. The van der Waals surface area contributed by atoms with Crippen molar-refractivity contribution < 1.29 is 14.3 Å². The van der Waals surface area contributed by atoms with Crippen LogP contribution in [0, 0.1) is 0 Å². The summed E-state index contributed by atoms with van der Waals surface area (Å²) in [5, 5.41) is 2.54. The van der Waals surface area contributed by atoms with Crippen molar-refractivity contribution in [1.29, 1.82) is 0 Å². The highest BCUT2D eigenvalue weighted by Crippen LogP contribution is 2.18. The minimum atomic E-state index is -0.181. The fourth-order valence-electron chi connectivity index (χ4n) is 1.42. The molecular weight excluding hydrogens is 208 g/mol. The first-order valence-corrected chi connectivity index (χ1v) is 5.41. The molecule has 1 N–H and O–H groups in total. The van der Waals surface area contributed by atoms with Gasteiger partial charge >= 0.3 is 0 Å². The van der Waals surface area contributed by atoms with Crippen molar-refractivity contribution in [3.8, 4) is 0 Å². The van der Waals surface area contributed by atoms with E-state index in [-0.39, 0.29) is 17.7 Å². The smallest absolute Gasteiger partial charge is 0.290 e. The molecule has 0 saturated heterocycles. The van der Waals surface area contributed by atoms with E-state index in [0.717, 1.165) is 6.42 Å². The van der Waals surface area contributed by atoms with Gasteiger partial charge in [-0.05, 0) is 26.7 Å². The largest absolute Gasteiger partial charge is 0.487 e. The molecule has 90 valence electrons. The first-order chi connectivity index (χ1) is 7.57. The number of rotatable bonds is 4. The molecule has 1 aliphatic rings. The van der Waals surface area contributed by atoms with Crippen molar-refractivity contribution in [2.24, 2.45) is 0 Å². The van der Waals surface area contributed by atoms with Crippen LogP contribution in [0.3, 0.4) is 0 Å². The molecule has 0 fully saturated rings. The molecule has 0 spiro atoms. The van der Waals surface area contributed by atoms with Gasteiger partial charge in [-0.15, -0.1) is 0 Å². The Balaban J connectivity index is 2.88. The van der Waals surface area contributed by atoms with Crippen LogP contribution < -0.4 is 5.32 Å². The van der Waals surface area contributed by atoms with E-state index >= 15 is 0 Å². The van der Waals surface area contributed by atoms with E-state index in [1.54, 1.807) is 11.9 Å². The lowest BCUT2D eigenvalue weighted by Crippen LogP contribution is -2.37. The van der Waals surface area contributed by atoms with E-state index in [1.807, 2.05) is 13.8 Å². The number of amides is 2. The Labute approximate surface area is 95.4 Å². The molecule has 5 nitrogen and oxygen atoms in total. The van der Waals surface area contributed by atoms with Gasteiger partial charge in [0, 0.05) is 13.1 Å². The van der Waals surface area contributed by atoms with Crippen LogP contribution in [0.5, 0.6) is 0 Å². The highest BCUT2D eigenvalue weighted by atomic mass is 16.5. The zero-order valence-corrected chi connectivity index (χ0v) is 9.95. The number of carbonyl (C=O) groups is 2. The van der Waals surface area contributed by atoms with Gasteiger partial charge in [-0.2, -0.15) is 0 Å². The van der Waals surface area contributed by atoms with Crippen LogP contribution in [0.1, 0.15) is 26.7 Å². The summed E-state index contributed by atoms with van der Waals surface area (Å²) in [6.45, 7) is 4.37. The monoisotopic (exact) mass is 226 g/mol. The molecule has 1 heterocycles. The fourth-order valence-corrected chi connectivity index (χ4v) is 1.42. The number of hydrogen-bond donors (Lipinski definition) is 1. The Morgan fingerprint density at radius 1 is 1.56 bits per heavy atom. The first kappa shape index (κ1) is 12.5. The van der Waals surface area contributed by atoms with Crippen molar-refractivity contribution in [3.05, 3.63) is 11.5 Å². The number of carbonyl (C=O) groups excluding carboxylic acids is 2. The lowest BCUT2D eigenvalue weighted by atomic mass is 10.1. The standard InChI is InChI=1S/C11H18N2O3/c1-8(2)13(3)11(15)10-9(12-7-14)5-4-6-16-10/h7-8H,4-6H2,1-3H3,(H,12,14). The van der Waals surface area contributed by atoms with Crippen molar-refractivity contribution in [2.45, 2.75) is 32.7 Å². The van der Waals surface area contributed by atoms with Crippen LogP contribution in [-0.4, -0.2) is 36.9 Å². The molecule has 0 saturated carbocycles. The Kier molecular flexibility index (Phi) is 4.34. The SMILES string of the molecule is CC(C)N(C)C(=O)C1=C(NC=O)CCCO1. The first-order valence-electron chi connectivity index (χ1n) is 5.41. The Morgan fingerprint density at radius 2 is 2.25 bits per heavy atom. The highest BCUT2D eigenvalue weighted by Gasteiger charge is 2.24. The van der Waals surface area contributed by atoms with E-state index in [4.69, 9.17) is 4.74 Å². The third kappa shape index (κ3) is 2.74. The number of nitrogens with zero attached hydrogens (tertiary/aromatic N) is 1. The quantitative estimate of drug-likeness (QED) is 0.715. The average Bonchev–Trinajstić information content (AvgIpc) is 2.28. The third-order valence-corrected chi connectivity index (χ3v) is 2.61. The molecule has 16 heavy (non-hydrogen) atoms. The summed E-state index contributed by atoms with van der Waals surface area (Å²) < 4.78 is 5.34. The molecular formula is C11H18N2O3. The van der Waals surface area contributed by atoms with Gasteiger partial charge in [0.25, 0.3) is 5.91 Å². The summed E-state index contributed by atoms with van der Waals surface area (Å²) in [5.41, 5.74) is 0.582. The fraction of sp³-hybridized carbons (Fsp3) is 0.636. The number of likely N-dealkylation sites (N-methyl/N-ethyl adjacent to an activating group) is 1. The maximum Gasteiger partial charge on any atom is 0.290 e. The normalized spacial score (nSPS) is 15.8. The van der Waals surface area contributed by atoms with Crippen LogP contribution in [0.15, 0.2) is 11.5 Å². The Bertz CT molecular complexity index is 310. The van der Waals surface area contributed by atoms with Crippen molar-refractivity contribution in [1.82, 2.24) is 10.2 Å². The zero-order valence-electron chi connectivity index (χ0n) is 9.95. The second kappa shape index (κ2) is 5.53. The van der Waals surface area contributed by atoms with Gasteiger partial charge < -0.3 is 15.0 Å². The molecule has 0 atom stereocenters. The van der Waals surface area contributed by atoms with E-state index in [9.17, 15) is 9.59 Å². The highest BCUT2D eigenvalue weighted by molar-refractivity contribution is 5.92. The van der Waals surface area contributed by atoms with Crippen molar-refractivity contribution in [2.75, 3.05) is 13.7 Å². The molecule has 0 aromatic carbocycles. The van der Waals surface area contributed by atoms with E-state index in [2.05, 4.69) is 5.32 Å². The van der Waals surface area contributed by atoms with Crippen LogP contribution in [0.2, 0.25) is 0 Å². The summed E-state index contributed by atoms with van der Waals surface area (Å²) >= 11 is 0. The molecule has 0 bridgehead atoms. The molecule has 1 aliphatic heterocycles. The Morgan fingerprint density at radius 3 is 2.81 bits per heavy atom. The summed E-state index contributed by atoms with van der Waals surface area (Å²) in [7, 11) is 1.72. The molecule has 0 unspecified atom stereocenters. The van der Waals surface area contributed by atoms with Crippen LogP contribution >= 0.6 is 0 Å². The second-order valence-corrected chi connectivity index (χ2v) is 4.03. The molecule has 1 rings (SSSR count). The minimum absolute atomic E-state index is 0.100. The maximum absolute atomic E-state index is 12.0. The van der Waals surface area contributed by atoms with Gasteiger partial charge in [-0.1, -0.05) is 0 Å². The molecule has 0 radical (unpaired) electrons. The molecule has 0 aromatic heterocycles. The predicted molar refractivity (Wildman–Crippen MR) is 59.3 cm³/mol. The van der Waals surface area contributed by atoms with Gasteiger partial charge in [-0.3, -0.25) is 9.59 Å². The summed E-state index contributed by atoms with van der Waals surface area (Å²) in [6, 6.07) is 0.100. The molecule has 5 heteroatoms. The third-order valence-electron chi connectivity index (χ3n) is 2.61. The van der Waals surface area contributed by atoms with Gasteiger partial charge in [0.05, 0.1) is 12.3 Å².